The lowest BCUT2D eigenvalue weighted by Gasteiger charge is -2.35. The lowest BCUT2D eigenvalue weighted by atomic mass is 9.75. The number of nitrogens with one attached hydrogen (secondary N) is 3. The molecule has 25 heavy (non-hydrogen) atoms. The average molecular weight is 343 g/mol. The van der Waals surface area contributed by atoms with Crippen molar-refractivity contribution in [2.24, 2.45) is 5.41 Å². The van der Waals surface area contributed by atoms with E-state index in [0.29, 0.717) is 37.4 Å². The van der Waals surface area contributed by atoms with Crippen molar-refractivity contribution in [3.8, 4) is 5.75 Å². The number of carbonyl (C=O) groups excluding carboxylic acids is 2. The SMILES string of the molecule is O=C1NC/C=C/CC2(CCNCC2)C(=O)NCCOc2ccccc21. The standard InChI is InChI=1S/C19H25N3O3/c23-17-15-5-1-2-6-16(15)25-14-13-22-18(24)19(7-3-4-10-21-17)8-11-20-12-9-19/h1-6,20H,7-14H2,(H,21,23)(H,22,24)/b4-3+. The molecular formula is C19H25N3O3. The van der Waals surface area contributed by atoms with Crippen molar-refractivity contribution in [1.82, 2.24) is 16.0 Å². The summed E-state index contributed by atoms with van der Waals surface area (Å²) in [5, 5.41) is 9.20. The minimum atomic E-state index is -0.367. The molecule has 0 atom stereocenters. The zero-order valence-corrected chi connectivity index (χ0v) is 14.3. The maximum absolute atomic E-state index is 12.8. The summed E-state index contributed by atoms with van der Waals surface area (Å²) in [4.78, 5) is 25.1. The van der Waals surface area contributed by atoms with Crippen molar-refractivity contribution in [3.63, 3.8) is 0 Å². The van der Waals surface area contributed by atoms with Gasteiger partial charge < -0.3 is 20.7 Å². The summed E-state index contributed by atoms with van der Waals surface area (Å²) in [6, 6.07) is 7.15. The van der Waals surface area contributed by atoms with Gasteiger partial charge in [0.15, 0.2) is 0 Å². The topological polar surface area (TPSA) is 79.5 Å². The van der Waals surface area contributed by atoms with Crippen LogP contribution in [0.4, 0.5) is 0 Å². The molecule has 0 bridgehead atoms. The minimum absolute atomic E-state index is 0.0941. The smallest absolute Gasteiger partial charge is 0.255 e. The Bertz CT molecular complexity index is 651. The van der Waals surface area contributed by atoms with Gasteiger partial charge in [-0.15, -0.1) is 0 Å². The number of ether oxygens (including phenoxy) is 1. The largest absolute Gasteiger partial charge is 0.491 e. The molecular weight excluding hydrogens is 318 g/mol. The van der Waals surface area contributed by atoms with Crippen LogP contribution in [0.1, 0.15) is 29.6 Å². The fourth-order valence-electron chi connectivity index (χ4n) is 3.36. The Morgan fingerprint density at radius 1 is 0.960 bits per heavy atom. The third-order valence-corrected chi connectivity index (χ3v) is 4.87. The summed E-state index contributed by atoms with van der Waals surface area (Å²) in [5.74, 6) is 0.474. The van der Waals surface area contributed by atoms with Crippen molar-refractivity contribution in [2.45, 2.75) is 19.3 Å². The van der Waals surface area contributed by atoms with Gasteiger partial charge in [0.05, 0.1) is 17.5 Å². The highest BCUT2D eigenvalue weighted by atomic mass is 16.5. The van der Waals surface area contributed by atoms with E-state index in [1.807, 2.05) is 24.3 Å². The van der Waals surface area contributed by atoms with Gasteiger partial charge in [-0.05, 0) is 44.5 Å². The van der Waals surface area contributed by atoms with Crippen LogP contribution in [0, 0.1) is 5.41 Å². The zero-order chi connectivity index (χ0) is 17.5. The maximum atomic E-state index is 12.8. The summed E-state index contributed by atoms with van der Waals surface area (Å²) >= 11 is 0. The quantitative estimate of drug-likeness (QED) is 0.619. The molecule has 6 heteroatoms. The molecule has 134 valence electrons. The first-order chi connectivity index (χ1) is 12.2. The molecule has 3 rings (SSSR count). The number of allylic oxidation sites excluding steroid dienone is 1. The van der Waals surface area contributed by atoms with E-state index in [4.69, 9.17) is 4.74 Å². The van der Waals surface area contributed by atoms with E-state index in [1.54, 1.807) is 12.1 Å². The maximum Gasteiger partial charge on any atom is 0.255 e. The van der Waals surface area contributed by atoms with E-state index in [-0.39, 0.29) is 17.2 Å². The Morgan fingerprint density at radius 3 is 2.60 bits per heavy atom. The van der Waals surface area contributed by atoms with Gasteiger partial charge >= 0.3 is 0 Å². The van der Waals surface area contributed by atoms with Crippen LogP contribution in [0.5, 0.6) is 5.75 Å². The number of rotatable bonds is 0. The Hall–Kier alpha value is -2.34. The number of para-hydroxylation sites is 1. The molecule has 2 aliphatic rings. The minimum Gasteiger partial charge on any atom is -0.491 e. The molecule has 1 spiro atoms. The highest BCUT2D eigenvalue weighted by Crippen LogP contribution is 2.33. The number of carbonyl (C=O) groups is 2. The third kappa shape index (κ3) is 4.20. The molecule has 1 fully saturated rings. The molecule has 1 saturated heterocycles. The van der Waals surface area contributed by atoms with E-state index >= 15 is 0 Å². The molecule has 6 nitrogen and oxygen atoms in total. The van der Waals surface area contributed by atoms with Crippen LogP contribution in [0.2, 0.25) is 0 Å². The molecule has 0 aliphatic carbocycles. The van der Waals surface area contributed by atoms with Crippen molar-refractivity contribution in [3.05, 3.63) is 42.0 Å². The number of piperidine rings is 1. The van der Waals surface area contributed by atoms with Crippen LogP contribution in [-0.4, -0.2) is 44.6 Å². The van der Waals surface area contributed by atoms with E-state index in [2.05, 4.69) is 16.0 Å². The molecule has 2 heterocycles. The van der Waals surface area contributed by atoms with Crippen molar-refractivity contribution in [1.29, 1.82) is 0 Å². The molecule has 0 radical (unpaired) electrons. The van der Waals surface area contributed by atoms with E-state index in [1.165, 1.54) is 0 Å². The first kappa shape index (κ1) is 17.5. The lowest BCUT2D eigenvalue weighted by molar-refractivity contribution is -0.132. The number of hydrogen-bond donors (Lipinski definition) is 3. The molecule has 0 saturated carbocycles. The Kier molecular flexibility index (Phi) is 5.71. The third-order valence-electron chi connectivity index (χ3n) is 4.87. The second-order valence-electron chi connectivity index (χ2n) is 6.52. The zero-order valence-electron chi connectivity index (χ0n) is 14.3. The number of fused-ring (bicyclic) bond motifs is 1. The van der Waals surface area contributed by atoms with Crippen molar-refractivity contribution < 1.29 is 14.3 Å². The Balaban J connectivity index is 1.76. The first-order valence-electron chi connectivity index (χ1n) is 8.85. The van der Waals surface area contributed by atoms with Crippen LogP contribution in [0.3, 0.4) is 0 Å². The van der Waals surface area contributed by atoms with Crippen molar-refractivity contribution >= 4 is 11.8 Å². The van der Waals surface area contributed by atoms with Gasteiger partial charge in [-0.2, -0.15) is 0 Å². The summed E-state index contributed by atoms with van der Waals surface area (Å²) in [6.07, 6.45) is 6.26. The predicted octanol–water partition coefficient (Wildman–Crippen LogP) is 1.24. The van der Waals surface area contributed by atoms with Gasteiger partial charge in [0.2, 0.25) is 5.91 Å². The van der Waals surface area contributed by atoms with Crippen LogP contribution in [-0.2, 0) is 4.79 Å². The van der Waals surface area contributed by atoms with Crippen LogP contribution in [0.25, 0.3) is 0 Å². The summed E-state index contributed by atoms with van der Waals surface area (Å²) in [5.41, 5.74) is 0.141. The average Bonchev–Trinajstić information content (AvgIpc) is 2.65. The van der Waals surface area contributed by atoms with Crippen molar-refractivity contribution in [2.75, 3.05) is 32.8 Å². The number of hydrogen-bond acceptors (Lipinski definition) is 4. The Labute approximate surface area is 148 Å². The van der Waals surface area contributed by atoms with Crippen LogP contribution in [0.15, 0.2) is 36.4 Å². The monoisotopic (exact) mass is 343 g/mol. The van der Waals surface area contributed by atoms with Gasteiger partial charge in [-0.3, -0.25) is 9.59 Å². The van der Waals surface area contributed by atoms with E-state index in [9.17, 15) is 9.59 Å². The summed E-state index contributed by atoms with van der Waals surface area (Å²) < 4.78 is 5.72. The molecule has 0 aromatic heterocycles. The van der Waals surface area contributed by atoms with Gasteiger partial charge in [-0.1, -0.05) is 24.3 Å². The molecule has 0 unspecified atom stereocenters. The number of benzene rings is 1. The number of amides is 2. The van der Waals surface area contributed by atoms with Crippen LogP contribution >= 0.6 is 0 Å². The Morgan fingerprint density at radius 2 is 1.76 bits per heavy atom. The predicted molar refractivity (Wildman–Crippen MR) is 95.6 cm³/mol. The molecule has 1 aromatic carbocycles. The fourth-order valence-corrected chi connectivity index (χ4v) is 3.36. The normalized spacial score (nSPS) is 22.7. The molecule has 1 aromatic rings. The molecule has 2 amide bonds. The second-order valence-corrected chi connectivity index (χ2v) is 6.52. The van der Waals surface area contributed by atoms with Gasteiger partial charge in [-0.25, -0.2) is 0 Å². The lowest BCUT2D eigenvalue weighted by Crippen LogP contribution is -2.48. The van der Waals surface area contributed by atoms with Gasteiger partial charge in [0.1, 0.15) is 12.4 Å². The summed E-state index contributed by atoms with van der Waals surface area (Å²) in [7, 11) is 0. The van der Waals surface area contributed by atoms with E-state index < -0.39 is 0 Å². The fraction of sp³-hybridized carbons (Fsp3) is 0.474. The second kappa shape index (κ2) is 8.16. The van der Waals surface area contributed by atoms with Gasteiger partial charge in [0, 0.05) is 6.54 Å². The van der Waals surface area contributed by atoms with E-state index in [0.717, 1.165) is 25.9 Å². The first-order valence-corrected chi connectivity index (χ1v) is 8.85. The highest BCUT2D eigenvalue weighted by molar-refractivity contribution is 5.97. The summed E-state index contributed by atoms with van der Waals surface area (Å²) in [6.45, 7) is 2.89. The van der Waals surface area contributed by atoms with Gasteiger partial charge in [0.25, 0.3) is 5.91 Å². The molecule has 2 aliphatic heterocycles. The van der Waals surface area contributed by atoms with Crippen LogP contribution < -0.4 is 20.7 Å². The highest BCUT2D eigenvalue weighted by Gasteiger charge is 2.38. The molecule has 3 N–H and O–H groups in total.